The molecule has 0 aliphatic rings. The Hall–Kier alpha value is -1.42. The van der Waals surface area contributed by atoms with Gasteiger partial charge < -0.3 is 4.74 Å². The van der Waals surface area contributed by atoms with Crippen molar-refractivity contribution in [2.45, 2.75) is 6.92 Å². The monoisotopic (exact) mass is 264 g/mol. The smallest absolute Gasteiger partial charge is 0.222 e. The first-order valence-electron chi connectivity index (χ1n) is 4.46. The Kier molecular flexibility index (Phi) is 2.97. The first-order chi connectivity index (χ1) is 7.25. The molecule has 0 aliphatic carbocycles. The SMILES string of the molecule is Cc1cccnc1Oc1cncc(Br)c1. The van der Waals surface area contributed by atoms with Crippen molar-refractivity contribution < 1.29 is 4.74 Å². The third-order valence-electron chi connectivity index (χ3n) is 1.86. The van der Waals surface area contributed by atoms with Gasteiger partial charge in [-0.25, -0.2) is 4.98 Å². The minimum Gasteiger partial charge on any atom is -0.437 e. The molecule has 2 aromatic heterocycles. The topological polar surface area (TPSA) is 35.0 Å². The molecule has 0 bridgehead atoms. The minimum atomic E-state index is 0.609. The third-order valence-corrected chi connectivity index (χ3v) is 2.29. The number of aryl methyl sites for hydroxylation is 1. The van der Waals surface area contributed by atoms with Gasteiger partial charge in [0.2, 0.25) is 5.88 Å². The highest BCUT2D eigenvalue weighted by molar-refractivity contribution is 9.10. The summed E-state index contributed by atoms with van der Waals surface area (Å²) >= 11 is 3.33. The van der Waals surface area contributed by atoms with Crippen LogP contribution in [0.2, 0.25) is 0 Å². The second kappa shape index (κ2) is 4.40. The molecule has 0 saturated heterocycles. The molecule has 2 rings (SSSR count). The Morgan fingerprint density at radius 2 is 2.20 bits per heavy atom. The zero-order valence-corrected chi connectivity index (χ0v) is 9.73. The summed E-state index contributed by atoms with van der Waals surface area (Å²) in [6, 6.07) is 5.68. The molecule has 0 N–H and O–H groups in total. The number of rotatable bonds is 2. The zero-order chi connectivity index (χ0) is 10.7. The van der Waals surface area contributed by atoms with Crippen LogP contribution in [0.3, 0.4) is 0 Å². The molecule has 3 nitrogen and oxygen atoms in total. The van der Waals surface area contributed by atoms with Crippen LogP contribution in [0.1, 0.15) is 5.56 Å². The third kappa shape index (κ3) is 2.53. The summed E-state index contributed by atoms with van der Waals surface area (Å²) in [7, 11) is 0. The van der Waals surface area contributed by atoms with E-state index in [2.05, 4.69) is 25.9 Å². The number of hydrogen-bond acceptors (Lipinski definition) is 3. The van der Waals surface area contributed by atoms with E-state index >= 15 is 0 Å². The Morgan fingerprint density at radius 3 is 2.93 bits per heavy atom. The molecule has 15 heavy (non-hydrogen) atoms. The van der Waals surface area contributed by atoms with Crippen molar-refractivity contribution in [1.82, 2.24) is 9.97 Å². The van der Waals surface area contributed by atoms with Crippen LogP contribution < -0.4 is 4.74 Å². The van der Waals surface area contributed by atoms with Crippen LogP contribution in [0.4, 0.5) is 0 Å². The zero-order valence-electron chi connectivity index (χ0n) is 8.14. The molecule has 0 saturated carbocycles. The van der Waals surface area contributed by atoms with Crippen molar-refractivity contribution in [3.05, 3.63) is 46.8 Å². The van der Waals surface area contributed by atoms with E-state index in [1.807, 2.05) is 25.1 Å². The maximum Gasteiger partial charge on any atom is 0.222 e. The standard InChI is InChI=1S/C11H9BrN2O/c1-8-3-2-4-14-11(8)15-10-5-9(12)6-13-7-10/h2-7H,1H3. The normalized spacial score (nSPS) is 10.0. The summed E-state index contributed by atoms with van der Waals surface area (Å²) in [6.45, 7) is 1.95. The van der Waals surface area contributed by atoms with Crippen LogP contribution in [0.25, 0.3) is 0 Å². The summed E-state index contributed by atoms with van der Waals surface area (Å²) in [4.78, 5) is 8.15. The largest absolute Gasteiger partial charge is 0.437 e. The van der Waals surface area contributed by atoms with E-state index in [4.69, 9.17) is 4.74 Å². The predicted molar refractivity (Wildman–Crippen MR) is 61.0 cm³/mol. The lowest BCUT2D eigenvalue weighted by Crippen LogP contribution is -1.90. The molecule has 76 valence electrons. The van der Waals surface area contributed by atoms with Crippen LogP contribution in [0, 0.1) is 6.92 Å². The molecule has 2 heterocycles. The second-order valence-corrected chi connectivity index (χ2v) is 3.98. The Balaban J connectivity index is 2.26. The number of aromatic nitrogens is 2. The fourth-order valence-electron chi connectivity index (χ4n) is 1.14. The highest BCUT2D eigenvalue weighted by Crippen LogP contribution is 2.23. The average molecular weight is 265 g/mol. The van der Waals surface area contributed by atoms with Gasteiger partial charge in [0.1, 0.15) is 5.75 Å². The molecule has 0 radical (unpaired) electrons. The number of ether oxygens (including phenoxy) is 1. The molecular weight excluding hydrogens is 256 g/mol. The summed E-state index contributed by atoms with van der Waals surface area (Å²) in [5.74, 6) is 1.28. The van der Waals surface area contributed by atoms with Gasteiger partial charge in [-0.05, 0) is 35.0 Å². The number of pyridine rings is 2. The average Bonchev–Trinajstić information content (AvgIpc) is 2.22. The van der Waals surface area contributed by atoms with Gasteiger partial charge >= 0.3 is 0 Å². The van der Waals surface area contributed by atoms with E-state index < -0.39 is 0 Å². The predicted octanol–water partition coefficient (Wildman–Crippen LogP) is 3.34. The Bertz CT molecular complexity index is 474. The summed E-state index contributed by atoms with van der Waals surface area (Å²) in [5, 5.41) is 0. The van der Waals surface area contributed by atoms with Crippen LogP contribution in [0.5, 0.6) is 11.6 Å². The van der Waals surface area contributed by atoms with Crippen molar-refractivity contribution in [1.29, 1.82) is 0 Å². The molecule has 0 atom stereocenters. The van der Waals surface area contributed by atoms with Gasteiger partial charge in [-0.2, -0.15) is 0 Å². The second-order valence-electron chi connectivity index (χ2n) is 3.07. The fraction of sp³-hybridized carbons (Fsp3) is 0.0909. The summed E-state index contributed by atoms with van der Waals surface area (Å²) < 4.78 is 6.47. The lowest BCUT2D eigenvalue weighted by Gasteiger charge is -2.06. The van der Waals surface area contributed by atoms with Gasteiger partial charge in [0, 0.05) is 22.4 Å². The van der Waals surface area contributed by atoms with Crippen LogP contribution >= 0.6 is 15.9 Å². The maximum atomic E-state index is 5.59. The molecule has 0 amide bonds. The van der Waals surface area contributed by atoms with E-state index in [1.54, 1.807) is 18.6 Å². The van der Waals surface area contributed by atoms with Crippen LogP contribution in [-0.4, -0.2) is 9.97 Å². The van der Waals surface area contributed by atoms with Gasteiger partial charge in [-0.3, -0.25) is 4.98 Å². The number of nitrogens with zero attached hydrogens (tertiary/aromatic N) is 2. The van der Waals surface area contributed by atoms with Gasteiger partial charge in [-0.1, -0.05) is 6.07 Å². The molecule has 2 aromatic rings. The van der Waals surface area contributed by atoms with Gasteiger partial charge in [0.15, 0.2) is 0 Å². The van der Waals surface area contributed by atoms with Crippen molar-refractivity contribution in [3.8, 4) is 11.6 Å². The molecule has 0 aliphatic heterocycles. The van der Waals surface area contributed by atoms with E-state index in [9.17, 15) is 0 Å². The molecule has 0 spiro atoms. The van der Waals surface area contributed by atoms with E-state index in [0.29, 0.717) is 11.6 Å². The number of halogens is 1. The van der Waals surface area contributed by atoms with Crippen molar-refractivity contribution in [2.75, 3.05) is 0 Å². The van der Waals surface area contributed by atoms with Gasteiger partial charge in [0.25, 0.3) is 0 Å². The maximum absolute atomic E-state index is 5.59. The molecular formula is C11H9BrN2O. The van der Waals surface area contributed by atoms with Gasteiger partial charge in [-0.15, -0.1) is 0 Å². The lowest BCUT2D eigenvalue weighted by atomic mass is 10.3. The van der Waals surface area contributed by atoms with Crippen molar-refractivity contribution >= 4 is 15.9 Å². The van der Waals surface area contributed by atoms with Crippen LogP contribution in [-0.2, 0) is 0 Å². The van der Waals surface area contributed by atoms with Gasteiger partial charge in [0.05, 0.1) is 6.20 Å². The molecule has 0 fully saturated rings. The van der Waals surface area contributed by atoms with Crippen molar-refractivity contribution in [2.24, 2.45) is 0 Å². The fourth-order valence-corrected chi connectivity index (χ4v) is 1.48. The van der Waals surface area contributed by atoms with E-state index in [1.165, 1.54) is 0 Å². The molecule has 4 heteroatoms. The summed E-state index contributed by atoms with van der Waals surface area (Å²) in [6.07, 6.45) is 5.06. The first kappa shape index (κ1) is 10.1. The quantitative estimate of drug-likeness (QED) is 0.835. The lowest BCUT2D eigenvalue weighted by molar-refractivity contribution is 0.456. The first-order valence-corrected chi connectivity index (χ1v) is 5.25. The highest BCUT2D eigenvalue weighted by Gasteiger charge is 2.02. The number of hydrogen-bond donors (Lipinski definition) is 0. The molecule has 0 aromatic carbocycles. The molecule has 0 unspecified atom stereocenters. The Labute approximate surface area is 96.3 Å². The van der Waals surface area contributed by atoms with E-state index in [-0.39, 0.29) is 0 Å². The Morgan fingerprint density at radius 1 is 1.33 bits per heavy atom. The van der Waals surface area contributed by atoms with Crippen molar-refractivity contribution in [3.63, 3.8) is 0 Å². The minimum absolute atomic E-state index is 0.609. The highest BCUT2D eigenvalue weighted by atomic mass is 79.9. The van der Waals surface area contributed by atoms with E-state index in [0.717, 1.165) is 10.0 Å². The summed E-state index contributed by atoms with van der Waals surface area (Å²) in [5.41, 5.74) is 0.998. The van der Waals surface area contributed by atoms with Crippen LogP contribution in [0.15, 0.2) is 41.3 Å².